The first-order valence-electron chi connectivity index (χ1n) is 18.1. The highest BCUT2D eigenvalue weighted by Gasteiger charge is 1.97. The maximum absolute atomic E-state index is 8.58. The van der Waals surface area contributed by atoms with Gasteiger partial charge in [0.2, 0.25) is 0 Å². The Labute approximate surface area is 316 Å². The standard InChI is InChI=1S/C32H66O17.C2H6S/c33-1-3-35-5-7-37-9-11-39-13-15-41-17-19-43-21-23-45-25-27-47-29-31-49-32-30-48-28-26-46-24-22-44-20-18-42-16-14-40-12-10-38-8-6-36-4-2-34;1-3-2/h33-34H,1-32H2;1-2H3. The van der Waals surface area contributed by atoms with Gasteiger partial charge in [-0.25, -0.2) is 0 Å². The Morgan fingerprint density at radius 2 is 0.288 bits per heavy atom. The molecule has 18 heteroatoms. The van der Waals surface area contributed by atoms with Crippen LogP contribution in [0.1, 0.15) is 0 Å². The smallest absolute Gasteiger partial charge is 0.0701 e. The Bertz CT molecular complexity index is 544. The number of aliphatic hydroxyl groups excluding tert-OH is 2. The lowest BCUT2D eigenvalue weighted by molar-refractivity contribution is -0.0303. The van der Waals surface area contributed by atoms with Crippen molar-refractivity contribution < 1.29 is 81.3 Å². The zero-order chi connectivity index (χ0) is 37.9. The number of hydrogen-bond acceptors (Lipinski definition) is 18. The van der Waals surface area contributed by atoms with Gasteiger partial charge in [-0.2, -0.15) is 11.8 Å². The fraction of sp³-hybridized carbons (Fsp3) is 1.00. The summed E-state index contributed by atoms with van der Waals surface area (Å²) in [6.07, 6.45) is 4.08. The Balaban J connectivity index is 0. The minimum atomic E-state index is 0.0218. The van der Waals surface area contributed by atoms with Crippen molar-refractivity contribution >= 4 is 11.8 Å². The number of rotatable bonds is 46. The Morgan fingerprint density at radius 3 is 0.365 bits per heavy atom. The summed E-state index contributed by atoms with van der Waals surface area (Å²) in [5.41, 5.74) is 0. The molecule has 0 unspecified atom stereocenters. The Morgan fingerprint density at radius 1 is 0.212 bits per heavy atom. The molecule has 316 valence electrons. The fourth-order valence-electron chi connectivity index (χ4n) is 3.31. The third-order valence-electron chi connectivity index (χ3n) is 5.68. The molecule has 0 rings (SSSR count). The van der Waals surface area contributed by atoms with Crippen molar-refractivity contribution in [1.29, 1.82) is 0 Å². The van der Waals surface area contributed by atoms with E-state index in [1.54, 1.807) is 11.8 Å². The van der Waals surface area contributed by atoms with Crippen LogP contribution in [-0.2, 0) is 71.1 Å². The van der Waals surface area contributed by atoms with Gasteiger partial charge in [-0.05, 0) is 12.5 Å². The molecular weight excluding hydrogens is 712 g/mol. The van der Waals surface area contributed by atoms with Crippen molar-refractivity contribution in [2.24, 2.45) is 0 Å². The van der Waals surface area contributed by atoms with E-state index in [0.717, 1.165) is 0 Å². The first-order chi connectivity index (χ1) is 25.8. The van der Waals surface area contributed by atoms with Gasteiger partial charge in [-0.15, -0.1) is 0 Å². The van der Waals surface area contributed by atoms with Gasteiger partial charge in [-0.1, -0.05) is 0 Å². The van der Waals surface area contributed by atoms with E-state index in [2.05, 4.69) is 0 Å². The third-order valence-corrected chi connectivity index (χ3v) is 5.68. The molecule has 0 atom stereocenters. The first-order valence-corrected chi connectivity index (χ1v) is 19.7. The van der Waals surface area contributed by atoms with E-state index in [0.29, 0.717) is 198 Å². The van der Waals surface area contributed by atoms with Crippen LogP contribution >= 0.6 is 11.8 Å². The van der Waals surface area contributed by atoms with Crippen molar-refractivity contribution in [2.45, 2.75) is 0 Å². The number of ether oxygens (including phenoxy) is 15. The minimum absolute atomic E-state index is 0.0218. The van der Waals surface area contributed by atoms with Crippen LogP contribution in [0.4, 0.5) is 0 Å². The van der Waals surface area contributed by atoms with Crippen LogP contribution in [0.3, 0.4) is 0 Å². The van der Waals surface area contributed by atoms with Gasteiger partial charge in [0.25, 0.3) is 0 Å². The molecule has 0 saturated heterocycles. The predicted octanol–water partition coefficient (Wildman–Crippen LogP) is 0.199. The van der Waals surface area contributed by atoms with E-state index >= 15 is 0 Å². The first kappa shape index (κ1) is 53.8. The fourth-order valence-corrected chi connectivity index (χ4v) is 3.31. The Kier molecular flexibility index (Phi) is 56.9. The number of thioether (sulfide) groups is 1. The van der Waals surface area contributed by atoms with Crippen LogP contribution in [0.5, 0.6) is 0 Å². The quantitative estimate of drug-likeness (QED) is 0.0799. The molecule has 0 radical (unpaired) electrons. The summed E-state index contributed by atoms with van der Waals surface area (Å²) in [5.74, 6) is 0. The highest BCUT2D eigenvalue weighted by Crippen LogP contribution is 1.88. The monoisotopic (exact) mass is 784 g/mol. The molecule has 0 saturated carbocycles. The zero-order valence-electron chi connectivity index (χ0n) is 32.1. The lowest BCUT2D eigenvalue weighted by Gasteiger charge is -2.09. The van der Waals surface area contributed by atoms with E-state index in [1.165, 1.54) is 0 Å². The van der Waals surface area contributed by atoms with Crippen molar-refractivity contribution in [3.63, 3.8) is 0 Å². The molecule has 52 heavy (non-hydrogen) atoms. The van der Waals surface area contributed by atoms with Gasteiger partial charge in [0.1, 0.15) is 0 Å². The molecule has 2 N–H and O–H groups in total. The maximum Gasteiger partial charge on any atom is 0.0701 e. The van der Waals surface area contributed by atoms with Gasteiger partial charge in [-0.3, -0.25) is 0 Å². The lowest BCUT2D eigenvalue weighted by atomic mass is 10.6. The largest absolute Gasteiger partial charge is 0.394 e. The molecule has 0 aromatic rings. The van der Waals surface area contributed by atoms with Crippen LogP contribution in [0, 0.1) is 0 Å². The van der Waals surface area contributed by atoms with E-state index in [4.69, 9.17) is 81.3 Å². The van der Waals surface area contributed by atoms with Crippen molar-refractivity contribution in [3.05, 3.63) is 0 Å². The van der Waals surface area contributed by atoms with Crippen LogP contribution in [-0.4, -0.2) is 234 Å². The van der Waals surface area contributed by atoms with Crippen molar-refractivity contribution in [1.82, 2.24) is 0 Å². The second-order valence-corrected chi connectivity index (χ2v) is 10.9. The SMILES string of the molecule is CSC.OCCOCCOCCOCCOCCOCCOCCOCCOCCOCCOCCOCCOCCOCCOCCOCCO. The highest BCUT2D eigenvalue weighted by atomic mass is 32.2. The van der Waals surface area contributed by atoms with E-state index in [-0.39, 0.29) is 13.2 Å². The minimum Gasteiger partial charge on any atom is -0.394 e. The number of hydrogen-bond donors (Lipinski definition) is 2. The van der Waals surface area contributed by atoms with E-state index < -0.39 is 0 Å². The average Bonchev–Trinajstić information content (AvgIpc) is 3.15. The molecule has 0 aromatic carbocycles. The predicted molar refractivity (Wildman–Crippen MR) is 196 cm³/mol. The number of aliphatic hydroxyl groups is 2. The molecule has 0 bridgehead atoms. The topological polar surface area (TPSA) is 179 Å². The van der Waals surface area contributed by atoms with E-state index in [1.807, 2.05) is 12.5 Å². The Hall–Kier alpha value is -0.330. The van der Waals surface area contributed by atoms with Gasteiger partial charge in [0.05, 0.1) is 211 Å². The van der Waals surface area contributed by atoms with Crippen molar-refractivity contribution in [3.8, 4) is 0 Å². The molecule has 0 fully saturated rings. The van der Waals surface area contributed by atoms with Gasteiger partial charge in [0.15, 0.2) is 0 Å². The summed E-state index contributed by atoms with van der Waals surface area (Å²) in [6, 6.07) is 0. The summed E-state index contributed by atoms with van der Waals surface area (Å²) in [7, 11) is 0. The molecule has 0 spiro atoms. The molecule has 0 amide bonds. The summed E-state index contributed by atoms with van der Waals surface area (Å²) in [5, 5.41) is 17.2. The molecule has 0 aliphatic heterocycles. The van der Waals surface area contributed by atoms with Gasteiger partial charge >= 0.3 is 0 Å². The van der Waals surface area contributed by atoms with Crippen LogP contribution in [0.2, 0.25) is 0 Å². The van der Waals surface area contributed by atoms with Crippen LogP contribution < -0.4 is 0 Å². The molecule has 0 aromatic heterocycles. The van der Waals surface area contributed by atoms with Crippen LogP contribution in [0.25, 0.3) is 0 Å². The van der Waals surface area contributed by atoms with Gasteiger partial charge in [0, 0.05) is 0 Å². The maximum atomic E-state index is 8.58. The molecular formula is C34H72O17S. The summed E-state index contributed by atoms with van der Waals surface area (Å²) in [4.78, 5) is 0. The molecule has 0 aliphatic carbocycles. The van der Waals surface area contributed by atoms with E-state index in [9.17, 15) is 0 Å². The van der Waals surface area contributed by atoms with Gasteiger partial charge < -0.3 is 81.3 Å². The molecule has 17 nitrogen and oxygen atoms in total. The second-order valence-electron chi connectivity index (χ2n) is 10.0. The highest BCUT2D eigenvalue weighted by molar-refractivity contribution is 7.97. The summed E-state index contributed by atoms with van der Waals surface area (Å²) >= 11 is 1.75. The van der Waals surface area contributed by atoms with Crippen LogP contribution in [0.15, 0.2) is 0 Å². The lowest BCUT2D eigenvalue weighted by Crippen LogP contribution is -2.15. The summed E-state index contributed by atoms with van der Waals surface area (Å²) in [6.45, 7) is 14.6. The third kappa shape index (κ3) is 56.4. The zero-order valence-corrected chi connectivity index (χ0v) is 32.9. The second kappa shape index (κ2) is 55.0. The molecule has 0 aliphatic rings. The average molecular weight is 785 g/mol. The summed E-state index contributed by atoms with van der Waals surface area (Å²) < 4.78 is 80.8. The van der Waals surface area contributed by atoms with Crippen molar-refractivity contribution in [2.75, 3.05) is 224 Å². The molecule has 0 heterocycles. The normalized spacial score (nSPS) is 11.3.